The summed E-state index contributed by atoms with van der Waals surface area (Å²) < 4.78 is 15.5. The molecule has 1 aliphatic heterocycles. The number of allylic oxidation sites excluding steroid dienone is 2. The summed E-state index contributed by atoms with van der Waals surface area (Å²) in [6.45, 7) is 5.76. The smallest absolute Gasteiger partial charge is 0.337 e. The molecule has 0 saturated heterocycles. The van der Waals surface area contributed by atoms with Crippen LogP contribution in [-0.4, -0.2) is 50.2 Å². The maximum absolute atomic E-state index is 13.3. The summed E-state index contributed by atoms with van der Waals surface area (Å²) >= 11 is 6.03. The van der Waals surface area contributed by atoms with E-state index >= 15 is 0 Å². The van der Waals surface area contributed by atoms with Gasteiger partial charge in [0.05, 0.1) is 36.9 Å². The molecular formula is C25H28ClN3O7. The lowest BCUT2D eigenvalue weighted by atomic mass is 9.85. The highest BCUT2D eigenvalue weighted by Crippen LogP contribution is 2.32. The number of anilines is 1. The van der Waals surface area contributed by atoms with Crippen molar-refractivity contribution >= 4 is 41.1 Å². The average Bonchev–Trinajstić information content (AvgIpc) is 2.82. The molecule has 2 rings (SSSR count). The number of esters is 3. The van der Waals surface area contributed by atoms with Crippen LogP contribution in [0.5, 0.6) is 0 Å². The monoisotopic (exact) mass is 517 g/mol. The number of hydrogen-bond acceptors (Lipinski definition) is 9. The Morgan fingerprint density at radius 1 is 1.03 bits per heavy atom. The molecule has 0 aromatic heterocycles. The highest BCUT2D eigenvalue weighted by atomic mass is 35.5. The van der Waals surface area contributed by atoms with E-state index in [1.54, 1.807) is 52.0 Å². The SMILES string of the molecule is CCOC(=O)C1=C(C)NC(C)=C(C(=O)OCC)C1C(=O)OCC(=O)N(CCC#N)c1cccc(Cl)c1. The van der Waals surface area contributed by atoms with Gasteiger partial charge < -0.3 is 24.4 Å². The van der Waals surface area contributed by atoms with E-state index in [0.717, 1.165) is 0 Å². The molecule has 0 radical (unpaired) electrons. The zero-order valence-corrected chi connectivity index (χ0v) is 21.3. The van der Waals surface area contributed by atoms with Gasteiger partial charge in [-0.05, 0) is 45.9 Å². The van der Waals surface area contributed by atoms with Gasteiger partial charge in [-0.2, -0.15) is 5.26 Å². The third kappa shape index (κ3) is 6.86. The van der Waals surface area contributed by atoms with Crippen molar-refractivity contribution < 1.29 is 33.4 Å². The lowest BCUT2D eigenvalue weighted by molar-refractivity contribution is -0.153. The number of carbonyl (C=O) groups excluding carboxylic acids is 4. The minimum Gasteiger partial charge on any atom is -0.463 e. The number of benzene rings is 1. The molecule has 1 heterocycles. The van der Waals surface area contributed by atoms with Crippen molar-refractivity contribution in [3.05, 3.63) is 51.8 Å². The largest absolute Gasteiger partial charge is 0.463 e. The molecule has 1 aromatic rings. The third-order valence-electron chi connectivity index (χ3n) is 5.19. The molecule has 36 heavy (non-hydrogen) atoms. The van der Waals surface area contributed by atoms with Crippen LogP contribution >= 0.6 is 11.6 Å². The predicted molar refractivity (Wildman–Crippen MR) is 130 cm³/mol. The molecule has 0 atom stereocenters. The molecule has 0 saturated carbocycles. The summed E-state index contributed by atoms with van der Waals surface area (Å²) in [5.74, 6) is -4.69. The minimum absolute atomic E-state index is 0.0321. The van der Waals surface area contributed by atoms with Crippen LogP contribution in [0.2, 0.25) is 5.02 Å². The van der Waals surface area contributed by atoms with Crippen molar-refractivity contribution in [2.24, 2.45) is 5.92 Å². The fraction of sp³-hybridized carbons (Fsp3) is 0.400. The van der Waals surface area contributed by atoms with Gasteiger partial charge in [0.2, 0.25) is 0 Å². The number of rotatable bonds is 10. The predicted octanol–water partition coefficient (Wildman–Crippen LogP) is 3.02. The van der Waals surface area contributed by atoms with E-state index in [0.29, 0.717) is 22.1 Å². The number of ether oxygens (including phenoxy) is 3. The molecule has 0 fully saturated rings. The number of carbonyl (C=O) groups is 4. The fourth-order valence-electron chi connectivity index (χ4n) is 3.69. The second kappa shape index (κ2) is 13.3. The first-order valence-electron chi connectivity index (χ1n) is 11.3. The molecule has 1 amide bonds. The average molecular weight is 518 g/mol. The van der Waals surface area contributed by atoms with E-state index in [4.69, 9.17) is 31.1 Å². The molecule has 192 valence electrons. The summed E-state index contributed by atoms with van der Waals surface area (Å²) in [4.78, 5) is 53.0. The van der Waals surface area contributed by atoms with E-state index in [9.17, 15) is 19.2 Å². The standard InChI is InChI=1S/C25H28ClN3O7/c1-5-34-23(31)20-15(3)28-16(4)21(24(32)35-6-2)22(20)25(33)36-14-19(30)29(12-8-11-27)18-10-7-9-17(26)13-18/h7,9-10,13,22,28H,5-6,8,12,14H2,1-4H3. The second-order valence-corrected chi connectivity index (χ2v) is 8.05. The van der Waals surface area contributed by atoms with Gasteiger partial charge in [-0.3, -0.25) is 9.59 Å². The molecule has 11 heteroatoms. The lowest BCUT2D eigenvalue weighted by Crippen LogP contribution is -2.40. The van der Waals surface area contributed by atoms with Crippen molar-refractivity contribution in [3.63, 3.8) is 0 Å². The Kier molecular flexibility index (Phi) is 10.5. The first kappa shape index (κ1) is 28.4. The zero-order chi connectivity index (χ0) is 26.8. The Hall–Kier alpha value is -3.84. The van der Waals surface area contributed by atoms with Gasteiger partial charge in [-0.1, -0.05) is 17.7 Å². The van der Waals surface area contributed by atoms with Gasteiger partial charge in [0.1, 0.15) is 5.92 Å². The third-order valence-corrected chi connectivity index (χ3v) is 5.43. The normalized spacial score (nSPS) is 13.4. The van der Waals surface area contributed by atoms with Gasteiger partial charge in [0, 0.05) is 28.6 Å². The number of amides is 1. The highest BCUT2D eigenvalue weighted by molar-refractivity contribution is 6.30. The van der Waals surface area contributed by atoms with Gasteiger partial charge in [0.25, 0.3) is 5.91 Å². The molecule has 0 unspecified atom stereocenters. The Morgan fingerprint density at radius 2 is 1.61 bits per heavy atom. The first-order valence-corrected chi connectivity index (χ1v) is 11.7. The summed E-state index contributed by atoms with van der Waals surface area (Å²) in [6, 6.07) is 8.42. The van der Waals surface area contributed by atoms with E-state index in [1.165, 1.54) is 4.90 Å². The topological polar surface area (TPSA) is 135 Å². The first-order chi connectivity index (χ1) is 17.2. The molecule has 1 aliphatic rings. The van der Waals surface area contributed by atoms with Gasteiger partial charge in [-0.15, -0.1) is 0 Å². The van der Waals surface area contributed by atoms with Crippen LogP contribution in [0.25, 0.3) is 0 Å². The molecular weight excluding hydrogens is 490 g/mol. The number of nitrogens with one attached hydrogen (secondary N) is 1. The maximum atomic E-state index is 13.3. The van der Waals surface area contributed by atoms with Crippen LogP contribution in [0.15, 0.2) is 46.8 Å². The fourth-order valence-corrected chi connectivity index (χ4v) is 3.87. The number of hydrogen-bond donors (Lipinski definition) is 1. The molecule has 10 nitrogen and oxygen atoms in total. The summed E-state index contributed by atoms with van der Waals surface area (Å²) in [5, 5.41) is 12.3. The Bertz CT molecular complexity index is 1100. The molecule has 0 bridgehead atoms. The van der Waals surface area contributed by atoms with Crippen LogP contribution in [0.4, 0.5) is 5.69 Å². The van der Waals surface area contributed by atoms with Crippen LogP contribution < -0.4 is 10.2 Å². The number of nitrogens with zero attached hydrogens (tertiary/aromatic N) is 2. The Balaban J connectivity index is 2.35. The van der Waals surface area contributed by atoms with E-state index in [1.807, 2.05) is 6.07 Å². The van der Waals surface area contributed by atoms with E-state index in [2.05, 4.69) is 5.32 Å². The van der Waals surface area contributed by atoms with Crippen LogP contribution in [0.3, 0.4) is 0 Å². The van der Waals surface area contributed by atoms with Crippen molar-refractivity contribution in [1.29, 1.82) is 5.26 Å². The number of nitriles is 1. The maximum Gasteiger partial charge on any atom is 0.337 e. The summed E-state index contributed by atoms with van der Waals surface area (Å²) in [7, 11) is 0. The number of halogens is 1. The quantitative estimate of drug-likeness (QED) is 0.367. The van der Waals surface area contributed by atoms with Crippen molar-refractivity contribution in [3.8, 4) is 6.07 Å². The van der Waals surface area contributed by atoms with E-state index < -0.39 is 36.3 Å². The minimum atomic E-state index is -1.46. The Morgan fingerprint density at radius 3 is 2.11 bits per heavy atom. The van der Waals surface area contributed by atoms with Crippen molar-refractivity contribution in [1.82, 2.24) is 5.32 Å². The van der Waals surface area contributed by atoms with Gasteiger partial charge in [0.15, 0.2) is 6.61 Å². The zero-order valence-electron chi connectivity index (χ0n) is 20.6. The second-order valence-electron chi connectivity index (χ2n) is 7.62. The van der Waals surface area contributed by atoms with E-state index in [-0.39, 0.29) is 37.3 Å². The van der Waals surface area contributed by atoms with Crippen LogP contribution in [-0.2, 0) is 33.4 Å². The van der Waals surface area contributed by atoms with Crippen LogP contribution in [0, 0.1) is 17.2 Å². The number of dihydropyridines is 1. The molecule has 1 N–H and O–H groups in total. The van der Waals surface area contributed by atoms with Gasteiger partial charge in [-0.25, -0.2) is 9.59 Å². The van der Waals surface area contributed by atoms with Crippen molar-refractivity contribution in [2.45, 2.75) is 34.1 Å². The molecule has 1 aromatic carbocycles. The highest BCUT2D eigenvalue weighted by Gasteiger charge is 2.42. The lowest BCUT2D eigenvalue weighted by Gasteiger charge is -2.29. The Labute approximate surface area is 214 Å². The van der Waals surface area contributed by atoms with Crippen molar-refractivity contribution in [2.75, 3.05) is 31.3 Å². The van der Waals surface area contributed by atoms with Crippen LogP contribution in [0.1, 0.15) is 34.1 Å². The summed E-state index contributed by atoms with van der Waals surface area (Å²) in [5.41, 5.74) is 0.813. The molecule has 0 spiro atoms. The van der Waals surface area contributed by atoms with Gasteiger partial charge >= 0.3 is 17.9 Å². The summed E-state index contributed by atoms with van der Waals surface area (Å²) in [6.07, 6.45) is 0.0321. The molecule has 0 aliphatic carbocycles.